The predicted molar refractivity (Wildman–Crippen MR) is 95.7 cm³/mol. The fraction of sp³-hybridized carbons (Fsp3) is 0.588. The van der Waals surface area contributed by atoms with Gasteiger partial charge in [-0.3, -0.25) is 4.79 Å². The minimum Gasteiger partial charge on any atom is -0.497 e. The average Bonchev–Trinajstić information content (AvgIpc) is 2.91. The Balaban J connectivity index is 1.93. The maximum Gasteiger partial charge on any atom is 0.251 e. The van der Waals surface area contributed by atoms with E-state index < -0.39 is 10.0 Å². The van der Waals surface area contributed by atoms with E-state index in [0.29, 0.717) is 30.2 Å². The number of carbonyl (C=O) groups is 1. The Morgan fingerprint density at radius 1 is 1.04 bits per heavy atom. The quantitative estimate of drug-likeness (QED) is 0.789. The molecule has 25 heavy (non-hydrogen) atoms. The first-order valence-electron chi connectivity index (χ1n) is 8.45. The van der Waals surface area contributed by atoms with Gasteiger partial charge >= 0.3 is 0 Å². The average molecular weight is 370 g/mol. The van der Waals surface area contributed by atoms with Crippen molar-refractivity contribution >= 4 is 15.9 Å². The molecule has 2 rings (SSSR count). The Kier molecular flexibility index (Phi) is 7.07. The Hall–Kier alpha value is -1.80. The molecule has 0 radical (unpaired) electrons. The van der Waals surface area contributed by atoms with Gasteiger partial charge in [0.2, 0.25) is 10.0 Å². The molecule has 1 fully saturated rings. The van der Waals surface area contributed by atoms with Crippen molar-refractivity contribution in [2.45, 2.75) is 25.7 Å². The zero-order chi connectivity index (χ0) is 18.3. The monoisotopic (exact) mass is 370 g/mol. The molecule has 0 unspecified atom stereocenters. The first-order chi connectivity index (χ1) is 12.0. The van der Waals surface area contributed by atoms with Crippen molar-refractivity contribution in [2.24, 2.45) is 0 Å². The van der Waals surface area contributed by atoms with Crippen LogP contribution in [0.2, 0.25) is 0 Å². The van der Waals surface area contributed by atoms with Crippen LogP contribution in [-0.2, 0) is 10.0 Å². The van der Waals surface area contributed by atoms with E-state index in [1.807, 2.05) is 0 Å². The second-order valence-electron chi connectivity index (χ2n) is 5.99. The maximum atomic E-state index is 12.4. The molecule has 1 aromatic rings. The van der Waals surface area contributed by atoms with E-state index in [-0.39, 0.29) is 18.2 Å². The van der Waals surface area contributed by atoms with Gasteiger partial charge in [-0.15, -0.1) is 0 Å². The van der Waals surface area contributed by atoms with Crippen molar-refractivity contribution in [3.63, 3.8) is 0 Å². The molecular weight excluding hydrogens is 344 g/mol. The molecule has 140 valence electrons. The smallest absolute Gasteiger partial charge is 0.251 e. The van der Waals surface area contributed by atoms with Gasteiger partial charge in [0.15, 0.2) is 0 Å². The van der Waals surface area contributed by atoms with Gasteiger partial charge in [0.1, 0.15) is 11.5 Å². The molecule has 0 saturated carbocycles. The number of nitrogens with zero attached hydrogens (tertiary/aromatic N) is 1. The van der Waals surface area contributed by atoms with Gasteiger partial charge in [-0.1, -0.05) is 12.8 Å². The SMILES string of the molecule is COc1cc(OC)cc(C(=O)NCCS(=O)(=O)N2CCCCCC2)c1. The maximum absolute atomic E-state index is 12.4. The molecule has 1 aliphatic heterocycles. The van der Waals surface area contributed by atoms with Gasteiger partial charge < -0.3 is 14.8 Å². The highest BCUT2D eigenvalue weighted by Crippen LogP contribution is 2.22. The van der Waals surface area contributed by atoms with Crippen LogP contribution in [-0.4, -0.2) is 58.2 Å². The first kappa shape index (κ1) is 19.5. The lowest BCUT2D eigenvalue weighted by molar-refractivity contribution is 0.0955. The molecule has 1 amide bonds. The Morgan fingerprint density at radius 2 is 1.60 bits per heavy atom. The summed E-state index contributed by atoms with van der Waals surface area (Å²) < 4.78 is 36.6. The lowest BCUT2D eigenvalue weighted by Crippen LogP contribution is -2.38. The minimum atomic E-state index is -3.34. The van der Waals surface area contributed by atoms with Crippen molar-refractivity contribution < 1.29 is 22.7 Å². The summed E-state index contributed by atoms with van der Waals surface area (Å²) in [5, 5.41) is 2.66. The predicted octanol–water partition coefficient (Wildman–Crippen LogP) is 1.64. The number of hydrogen-bond donors (Lipinski definition) is 1. The topological polar surface area (TPSA) is 84.9 Å². The van der Waals surface area contributed by atoms with Crippen LogP contribution >= 0.6 is 0 Å². The molecule has 0 aromatic heterocycles. The molecule has 0 atom stereocenters. The summed E-state index contributed by atoms with van der Waals surface area (Å²) in [4.78, 5) is 12.3. The van der Waals surface area contributed by atoms with E-state index in [4.69, 9.17) is 9.47 Å². The summed E-state index contributed by atoms with van der Waals surface area (Å²) >= 11 is 0. The largest absolute Gasteiger partial charge is 0.497 e. The number of nitrogens with one attached hydrogen (secondary N) is 1. The fourth-order valence-electron chi connectivity index (χ4n) is 2.78. The van der Waals surface area contributed by atoms with Crippen LogP contribution in [0.1, 0.15) is 36.0 Å². The van der Waals surface area contributed by atoms with Gasteiger partial charge in [0, 0.05) is 31.3 Å². The second kappa shape index (κ2) is 9.05. The summed E-state index contributed by atoms with van der Waals surface area (Å²) in [6, 6.07) is 4.84. The fourth-order valence-corrected chi connectivity index (χ4v) is 4.22. The third-order valence-electron chi connectivity index (χ3n) is 4.22. The molecule has 0 aliphatic carbocycles. The molecule has 8 heteroatoms. The van der Waals surface area contributed by atoms with E-state index in [9.17, 15) is 13.2 Å². The third kappa shape index (κ3) is 5.61. The zero-order valence-corrected chi connectivity index (χ0v) is 15.6. The Bertz CT molecular complexity index is 660. The Morgan fingerprint density at radius 3 is 2.12 bits per heavy atom. The van der Waals surface area contributed by atoms with E-state index in [2.05, 4.69) is 5.32 Å². The number of sulfonamides is 1. The van der Waals surface area contributed by atoms with Crippen molar-refractivity contribution in [3.05, 3.63) is 23.8 Å². The number of rotatable bonds is 7. The van der Waals surface area contributed by atoms with Gasteiger partial charge in [-0.05, 0) is 25.0 Å². The summed E-state index contributed by atoms with van der Waals surface area (Å²) in [5.41, 5.74) is 0.364. The molecular formula is C17H26N2O5S. The van der Waals surface area contributed by atoms with E-state index >= 15 is 0 Å². The summed E-state index contributed by atoms with van der Waals surface area (Å²) in [6.07, 6.45) is 3.94. The van der Waals surface area contributed by atoms with Gasteiger partial charge in [0.25, 0.3) is 5.91 Å². The van der Waals surface area contributed by atoms with E-state index in [1.54, 1.807) is 22.5 Å². The van der Waals surface area contributed by atoms with Crippen LogP contribution < -0.4 is 14.8 Å². The number of amides is 1. The molecule has 0 bridgehead atoms. The number of ether oxygens (including phenoxy) is 2. The number of methoxy groups -OCH3 is 2. The van der Waals surface area contributed by atoms with Crippen molar-refractivity contribution in [1.29, 1.82) is 0 Å². The molecule has 1 saturated heterocycles. The van der Waals surface area contributed by atoms with Crippen LogP contribution in [0.5, 0.6) is 11.5 Å². The normalized spacial score (nSPS) is 16.1. The van der Waals surface area contributed by atoms with Crippen molar-refractivity contribution in [2.75, 3.05) is 39.6 Å². The summed E-state index contributed by atoms with van der Waals surface area (Å²) in [7, 11) is -0.333. The molecule has 7 nitrogen and oxygen atoms in total. The standard InChI is InChI=1S/C17H26N2O5S/c1-23-15-11-14(12-16(13-15)24-2)17(20)18-7-10-25(21,22)19-8-5-3-4-6-9-19/h11-13H,3-10H2,1-2H3,(H,18,20). The van der Waals surface area contributed by atoms with Crippen LogP contribution in [0.4, 0.5) is 0 Å². The molecule has 1 N–H and O–H groups in total. The lowest BCUT2D eigenvalue weighted by atomic mass is 10.2. The number of carbonyl (C=O) groups excluding carboxylic acids is 1. The van der Waals surface area contributed by atoms with Gasteiger partial charge in [-0.25, -0.2) is 12.7 Å². The van der Waals surface area contributed by atoms with Crippen molar-refractivity contribution in [3.8, 4) is 11.5 Å². The van der Waals surface area contributed by atoms with Gasteiger partial charge in [-0.2, -0.15) is 0 Å². The second-order valence-corrected chi connectivity index (χ2v) is 8.07. The third-order valence-corrected chi connectivity index (χ3v) is 6.09. The highest BCUT2D eigenvalue weighted by Gasteiger charge is 2.23. The van der Waals surface area contributed by atoms with Crippen LogP contribution in [0.25, 0.3) is 0 Å². The summed E-state index contributed by atoms with van der Waals surface area (Å²) in [5.74, 6) is 0.548. The Labute approximate surface area is 149 Å². The summed E-state index contributed by atoms with van der Waals surface area (Å²) in [6.45, 7) is 1.21. The lowest BCUT2D eigenvalue weighted by Gasteiger charge is -2.20. The van der Waals surface area contributed by atoms with Gasteiger partial charge in [0.05, 0.1) is 20.0 Å². The first-order valence-corrected chi connectivity index (χ1v) is 10.1. The van der Waals surface area contributed by atoms with E-state index in [1.165, 1.54) is 14.2 Å². The molecule has 0 spiro atoms. The number of hydrogen-bond acceptors (Lipinski definition) is 5. The molecule has 1 heterocycles. The van der Waals surface area contributed by atoms with Crippen LogP contribution in [0.3, 0.4) is 0 Å². The number of benzene rings is 1. The zero-order valence-electron chi connectivity index (χ0n) is 14.8. The van der Waals surface area contributed by atoms with Crippen LogP contribution in [0, 0.1) is 0 Å². The molecule has 1 aliphatic rings. The van der Waals surface area contributed by atoms with Crippen molar-refractivity contribution in [1.82, 2.24) is 9.62 Å². The van der Waals surface area contributed by atoms with Crippen LogP contribution in [0.15, 0.2) is 18.2 Å². The molecule has 1 aromatic carbocycles. The highest BCUT2D eigenvalue weighted by atomic mass is 32.2. The highest BCUT2D eigenvalue weighted by molar-refractivity contribution is 7.89. The minimum absolute atomic E-state index is 0.0667. The van der Waals surface area contributed by atoms with E-state index in [0.717, 1.165) is 25.7 Å².